The van der Waals surface area contributed by atoms with Gasteiger partial charge < -0.3 is 14.4 Å². The second kappa shape index (κ2) is 7.28. The van der Waals surface area contributed by atoms with E-state index < -0.39 is 23.6 Å². The van der Waals surface area contributed by atoms with Crippen molar-refractivity contribution in [2.45, 2.75) is 32.6 Å². The van der Waals surface area contributed by atoms with E-state index in [1.807, 2.05) is 6.92 Å². The number of ether oxygens (including phenoxy) is 2. The number of hydrogen-bond acceptors (Lipinski definition) is 5. The quantitative estimate of drug-likeness (QED) is 0.826. The average molecular weight is 323 g/mol. The van der Waals surface area contributed by atoms with E-state index in [0.717, 1.165) is 0 Å². The summed E-state index contributed by atoms with van der Waals surface area (Å²) in [6, 6.07) is 0. The van der Waals surface area contributed by atoms with Crippen LogP contribution in [0.3, 0.4) is 0 Å². The van der Waals surface area contributed by atoms with Gasteiger partial charge in [-0.2, -0.15) is 0 Å². The summed E-state index contributed by atoms with van der Waals surface area (Å²) in [6.07, 6.45) is 2.24. The smallest absolute Gasteiger partial charge is 0.410 e. The number of H-pyrrole nitrogens is 1. The van der Waals surface area contributed by atoms with E-state index in [-0.39, 0.29) is 19.3 Å². The number of aryl methyl sites for hydroxylation is 1. The van der Waals surface area contributed by atoms with Crippen LogP contribution in [0.25, 0.3) is 0 Å². The summed E-state index contributed by atoms with van der Waals surface area (Å²) in [7, 11) is 0. The largest absolute Gasteiger partial charge is 0.445 e. The molecule has 2 unspecified atom stereocenters. The maximum Gasteiger partial charge on any atom is 0.410 e. The summed E-state index contributed by atoms with van der Waals surface area (Å²) in [6.45, 7) is 7.71. The van der Waals surface area contributed by atoms with Gasteiger partial charge in [-0.25, -0.2) is 9.59 Å². The van der Waals surface area contributed by atoms with Crippen LogP contribution in [0, 0.1) is 6.92 Å². The summed E-state index contributed by atoms with van der Waals surface area (Å²) in [4.78, 5) is 39.3. The molecule has 0 radical (unpaired) electrons. The minimum absolute atomic E-state index is 0.120. The summed E-state index contributed by atoms with van der Waals surface area (Å²) in [5.74, 6) is 0. The van der Waals surface area contributed by atoms with Crippen molar-refractivity contribution >= 4 is 6.09 Å². The lowest BCUT2D eigenvalue weighted by Crippen LogP contribution is -2.50. The molecule has 8 nitrogen and oxygen atoms in total. The van der Waals surface area contributed by atoms with E-state index in [1.165, 1.54) is 21.7 Å². The summed E-state index contributed by atoms with van der Waals surface area (Å²) in [5, 5.41) is 0. The molecule has 1 saturated heterocycles. The minimum Gasteiger partial charge on any atom is -0.445 e. The molecule has 1 aromatic heterocycles. The van der Waals surface area contributed by atoms with Gasteiger partial charge in [-0.1, -0.05) is 19.6 Å². The van der Waals surface area contributed by atoms with Crippen molar-refractivity contribution in [2.75, 3.05) is 19.7 Å². The molecule has 2 atom stereocenters. The number of aromatic amines is 1. The van der Waals surface area contributed by atoms with E-state index >= 15 is 0 Å². The Kier molecular flexibility index (Phi) is 5.38. The maximum atomic E-state index is 12.1. The van der Waals surface area contributed by atoms with Gasteiger partial charge in [-0.05, 0) is 13.3 Å². The van der Waals surface area contributed by atoms with Crippen LogP contribution < -0.4 is 11.2 Å². The fraction of sp³-hybridized carbons (Fsp3) is 0.533. The number of hydrogen-bond donors (Lipinski definition) is 1. The first-order valence-corrected chi connectivity index (χ1v) is 7.46. The van der Waals surface area contributed by atoms with Crippen molar-refractivity contribution in [1.82, 2.24) is 14.5 Å². The van der Waals surface area contributed by atoms with Crippen molar-refractivity contribution in [2.24, 2.45) is 0 Å². The number of nitrogens with one attached hydrogen (secondary N) is 1. The van der Waals surface area contributed by atoms with E-state index in [2.05, 4.69) is 11.6 Å². The Labute approximate surface area is 133 Å². The zero-order valence-corrected chi connectivity index (χ0v) is 13.3. The van der Waals surface area contributed by atoms with Crippen LogP contribution in [-0.4, -0.2) is 46.3 Å². The average Bonchev–Trinajstić information content (AvgIpc) is 2.55. The molecule has 1 fully saturated rings. The number of morpholine rings is 1. The number of carbonyl (C=O) groups excluding carboxylic acids is 1. The Balaban J connectivity index is 2.26. The zero-order valence-electron chi connectivity index (χ0n) is 13.3. The molecule has 1 aliphatic rings. The van der Waals surface area contributed by atoms with Gasteiger partial charge in [0.2, 0.25) is 0 Å². The lowest BCUT2D eigenvalue weighted by Gasteiger charge is -2.37. The molecule has 2 rings (SSSR count). The molecule has 2 heterocycles. The molecule has 0 aliphatic carbocycles. The molecular weight excluding hydrogens is 302 g/mol. The van der Waals surface area contributed by atoms with Crippen LogP contribution in [0.2, 0.25) is 0 Å². The van der Waals surface area contributed by atoms with Crippen LogP contribution in [0.1, 0.15) is 25.1 Å². The maximum absolute atomic E-state index is 12.1. The number of rotatable bonds is 4. The Morgan fingerprint density at radius 2 is 2.26 bits per heavy atom. The van der Waals surface area contributed by atoms with Crippen molar-refractivity contribution in [3.63, 3.8) is 0 Å². The molecular formula is C15H21N3O5. The second-order valence-corrected chi connectivity index (χ2v) is 5.37. The van der Waals surface area contributed by atoms with Crippen molar-refractivity contribution in [3.05, 3.63) is 45.3 Å². The highest BCUT2D eigenvalue weighted by Gasteiger charge is 2.32. The van der Waals surface area contributed by atoms with E-state index in [1.54, 1.807) is 6.92 Å². The highest BCUT2D eigenvalue weighted by Crippen LogP contribution is 2.21. The van der Waals surface area contributed by atoms with Gasteiger partial charge in [0.15, 0.2) is 6.23 Å². The van der Waals surface area contributed by atoms with Gasteiger partial charge in [0.05, 0.1) is 19.2 Å². The highest BCUT2D eigenvalue weighted by molar-refractivity contribution is 5.67. The Bertz CT molecular complexity index is 693. The van der Waals surface area contributed by atoms with E-state index in [9.17, 15) is 14.4 Å². The molecule has 126 valence electrons. The molecule has 1 aliphatic heterocycles. The SMILES string of the molecule is C=CCOC(=O)N1CC(CC)OC(n2cc(C)c(=O)[nH]c2=O)C1. The fourth-order valence-corrected chi connectivity index (χ4v) is 2.37. The predicted molar refractivity (Wildman–Crippen MR) is 83.4 cm³/mol. The van der Waals surface area contributed by atoms with Crippen molar-refractivity contribution in [3.8, 4) is 0 Å². The molecule has 0 spiro atoms. The van der Waals surface area contributed by atoms with Crippen molar-refractivity contribution < 1.29 is 14.3 Å². The fourth-order valence-electron chi connectivity index (χ4n) is 2.37. The normalized spacial score (nSPS) is 21.0. The second-order valence-electron chi connectivity index (χ2n) is 5.37. The lowest BCUT2D eigenvalue weighted by atomic mass is 10.2. The number of carbonyl (C=O) groups is 1. The van der Waals surface area contributed by atoms with Crippen LogP contribution in [0.4, 0.5) is 4.79 Å². The van der Waals surface area contributed by atoms with E-state index in [0.29, 0.717) is 18.5 Å². The molecule has 1 aromatic rings. The van der Waals surface area contributed by atoms with Gasteiger partial charge in [-0.3, -0.25) is 14.3 Å². The van der Waals surface area contributed by atoms with Crippen LogP contribution in [0.5, 0.6) is 0 Å². The molecule has 0 aromatic carbocycles. The summed E-state index contributed by atoms with van der Waals surface area (Å²) >= 11 is 0. The summed E-state index contributed by atoms with van der Waals surface area (Å²) in [5.41, 5.74) is -0.606. The summed E-state index contributed by atoms with van der Waals surface area (Å²) < 4.78 is 12.2. The van der Waals surface area contributed by atoms with Gasteiger partial charge in [-0.15, -0.1) is 0 Å². The molecule has 8 heteroatoms. The first kappa shape index (κ1) is 17.0. The molecule has 0 saturated carbocycles. The van der Waals surface area contributed by atoms with E-state index in [4.69, 9.17) is 9.47 Å². The molecule has 0 bridgehead atoms. The monoisotopic (exact) mass is 323 g/mol. The minimum atomic E-state index is -0.673. The first-order valence-electron chi connectivity index (χ1n) is 7.46. The predicted octanol–water partition coefficient (Wildman–Crippen LogP) is 0.777. The number of amides is 1. The third-order valence-electron chi connectivity index (χ3n) is 3.64. The van der Waals surface area contributed by atoms with Gasteiger partial charge in [0.25, 0.3) is 5.56 Å². The van der Waals surface area contributed by atoms with Gasteiger partial charge in [0, 0.05) is 11.8 Å². The van der Waals surface area contributed by atoms with Gasteiger partial charge in [0.1, 0.15) is 6.61 Å². The van der Waals surface area contributed by atoms with Crippen LogP contribution >= 0.6 is 0 Å². The Hall–Kier alpha value is -2.35. The zero-order chi connectivity index (χ0) is 17.0. The van der Waals surface area contributed by atoms with Crippen LogP contribution in [0.15, 0.2) is 28.4 Å². The Morgan fingerprint density at radius 3 is 2.91 bits per heavy atom. The molecule has 1 amide bonds. The Morgan fingerprint density at radius 1 is 1.52 bits per heavy atom. The standard InChI is InChI=1S/C15H21N3O5/c1-4-6-22-15(21)17-8-11(5-2)23-12(9-17)18-7-10(3)13(19)16-14(18)20/h4,7,11-12H,1,5-6,8-9H2,2-3H3,(H,16,19,20). The highest BCUT2D eigenvalue weighted by atomic mass is 16.6. The van der Waals surface area contributed by atoms with Gasteiger partial charge >= 0.3 is 11.8 Å². The third kappa shape index (κ3) is 3.89. The lowest BCUT2D eigenvalue weighted by molar-refractivity contribution is -0.117. The number of aromatic nitrogens is 2. The third-order valence-corrected chi connectivity index (χ3v) is 3.64. The van der Waals surface area contributed by atoms with Crippen molar-refractivity contribution in [1.29, 1.82) is 0 Å². The molecule has 1 N–H and O–H groups in total. The molecule has 23 heavy (non-hydrogen) atoms. The topological polar surface area (TPSA) is 93.6 Å². The number of nitrogens with zero attached hydrogens (tertiary/aromatic N) is 2. The van der Waals surface area contributed by atoms with Crippen LogP contribution in [-0.2, 0) is 9.47 Å². The first-order chi connectivity index (χ1) is 11.0.